The van der Waals surface area contributed by atoms with E-state index >= 15 is 0 Å². The van der Waals surface area contributed by atoms with Crippen LogP contribution in [0.5, 0.6) is 0 Å². The molecule has 1 aliphatic carbocycles. The summed E-state index contributed by atoms with van der Waals surface area (Å²) in [6, 6.07) is 0. The van der Waals surface area contributed by atoms with Crippen molar-refractivity contribution in [3.8, 4) is 0 Å². The van der Waals surface area contributed by atoms with Crippen molar-refractivity contribution in [3.63, 3.8) is 0 Å². The molecule has 3 heterocycles. The van der Waals surface area contributed by atoms with Gasteiger partial charge in [0.15, 0.2) is 0 Å². The predicted molar refractivity (Wildman–Crippen MR) is 81.1 cm³/mol. The highest BCUT2D eigenvalue weighted by Crippen LogP contribution is 2.45. The van der Waals surface area contributed by atoms with Gasteiger partial charge in [-0.05, 0) is 76.2 Å². The minimum atomic E-state index is 0.335. The lowest BCUT2D eigenvalue weighted by Crippen LogP contribution is -2.52. The summed E-state index contributed by atoms with van der Waals surface area (Å²) in [5, 5.41) is 3.90. The Hall–Kier alpha value is -0.380. The van der Waals surface area contributed by atoms with E-state index in [0.717, 1.165) is 0 Å². The number of fused-ring (bicyclic) bond motifs is 4. The second-order valence-corrected chi connectivity index (χ2v) is 7.69. The molecule has 1 aromatic heterocycles. The van der Waals surface area contributed by atoms with Gasteiger partial charge in [0, 0.05) is 16.3 Å². The number of likely N-dealkylation sites (tertiary alicyclic amines) is 1. The topological polar surface area (TPSA) is 15.3 Å². The number of piperidine rings is 1. The molecule has 2 nitrogen and oxygen atoms in total. The Morgan fingerprint density at radius 3 is 2.68 bits per heavy atom. The fourth-order valence-electron chi connectivity index (χ4n) is 4.19. The zero-order valence-electron chi connectivity index (χ0n) is 11.9. The maximum Gasteiger partial charge on any atom is 0.0556 e. The Bertz CT molecular complexity index is 483. The number of hydrogen-bond donors (Lipinski definition) is 1. The molecule has 1 N–H and O–H groups in total. The zero-order chi connectivity index (χ0) is 12.9. The molecule has 1 aromatic rings. The SMILES string of the molecule is CN1CCC2(CC1)NCCc1c2sc2c1CCCC2. The van der Waals surface area contributed by atoms with Crippen LogP contribution in [0.15, 0.2) is 0 Å². The van der Waals surface area contributed by atoms with Gasteiger partial charge in [0.2, 0.25) is 0 Å². The van der Waals surface area contributed by atoms with Crippen LogP contribution in [-0.4, -0.2) is 31.6 Å². The fourth-order valence-corrected chi connectivity index (χ4v) is 5.85. The Balaban J connectivity index is 1.76. The molecule has 0 radical (unpaired) electrons. The molecule has 2 aliphatic heterocycles. The molecule has 0 saturated carbocycles. The standard InChI is InChI=1S/C16H24N2S/c1-18-10-7-16(8-11-18)15-13(6-9-17-16)12-4-2-3-5-14(12)19-15/h17H,2-11H2,1H3. The fraction of sp³-hybridized carbons (Fsp3) is 0.750. The molecule has 0 bridgehead atoms. The van der Waals surface area contributed by atoms with E-state index in [1.54, 1.807) is 20.9 Å². The van der Waals surface area contributed by atoms with Crippen LogP contribution in [0.25, 0.3) is 0 Å². The predicted octanol–water partition coefficient (Wildman–Crippen LogP) is 2.69. The van der Waals surface area contributed by atoms with Crippen LogP contribution in [0.2, 0.25) is 0 Å². The largest absolute Gasteiger partial charge is 0.306 e. The second-order valence-electron chi connectivity index (χ2n) is 6.58. The third-order valence-electron chi connectivity index (χ3n) is 5.39. The van der Waals surface area contributed by atoms with Gasteiger partial charge in [-0.15, -0.1) is 11.3 Å². The van der Waals surface area contributed by atoms with Crippen LogP contribution in [0.3, 0.4) is 0 Å². The summed E-state index contributed by atoms with van der Waals surface area (Å²) in [6.07, 6.45) is 9.42. The lowest BCUT2D eigenvalue weighted by atomic mass is 9.79. The Labute approximate surface area is 120 Å². The van der Waals surface area contributed by atoms with E-state index in [0.29, 0.717) is 5.54 Å². The number of hydrogen-bond acceptors (Lipinski definition) is 3. The quantitative estimate of drug-likeness (QED) is 0.784. The highest BCUT2D eigenvalue weighted by molar-refractivity contribution is 7.12. The number of rotatable bonds is 0. The van der Waals surface area contributed by atoms with Crippen LogP contribution < -0.4 is 5.32 Å². The molecule has 0 atom stereocenters. The van der Waals surface area contributed by atoms with E-state index in [2.05, 4.69) is 28.6 Å². The first-order chi connectivity index (χ1) is 9.28. The molecule has 0 amide bonds. The highest BCUT2D eigenvalue weighted by atomic mass is 32.1. The number of nitrogens with one attached hydrogen (secondary N) is 1. The van der Waals surface area contributed by atoms with Crippen LogP contribution in [0.1, 0.15) is 46.6 Å². The van der Waals surface area contributed by atoms with E-state index in [1.807, 2.05) is 0 Å². The first-order valence-corrected chi connectivity index (χ1v) is 8.68. The summed E-state index contributed by atoms with van der Waals surface area (Å²) in [6.45, 7) is 3.68. The van der Waals surface area contributed by atoms with Gasteiger partial charge in [-0.3, -0.25) is 0 Å². The molecule has 0 aromatic carbocycles. The van der Waals surface area contributed by atoms with Gasteiger partial charge in [-0.25, -0.2) is 0 Å². The second kappa shape index (κ2) is 4.57. The molecule has 3 aliphatic rings. The van der Waals surface area contributed by atoms with Crippen molar-refractivity contribution in [1.82, 2.24) is 10.2 Å². The van der Waals surface area contributed by atoms with Crippen molar-refractivity contribution >= 4 is 11.3 Å². The summed E-state index contributed by atoms with van der Waals surface area (Å²) >= 11 is 2.16. The summed E-state index contributed by atoms with van der Waals surface area (Å²) in [5.74, 6) is 0. The molecule has 0 unspecified atom stereocenters. The maximum absolute atomic E-state index is 3.90. The van der Waals surface area contributed by atoms with Crippen molar-refractivity contribution in [2.75, 3.05) is 26.7 Å². The van der Waals surface area contributed by atoms with Gasteiger partial charge in [-0.2, -0.15) is 0 Å². The van der Waals surface area contributed by atoms with E-state index in [4.69, 9.17) is 0 Å². The Morgan fingerprint density at radius 2 is 1.84 bits per heavy atom. The first-order valence-electron chi connectivity index (χ1n) is 7.86. The average Bonchev–Trinajstić information content (AvgIpc) is 2.83. The smallest absolute Gasteiger partial charge is 0.0556 e. The lowest BCUT2D eigenvalue weighted by molar-refractivity contribution is 0.153. The highest BCUT2D eigenvalue weighted by Gasteiger charge is 2.41. The van der Waals surface area contributed by atoms with Crippen LogP contribution in [0.4, 0.5) is 0 Å². The summed E-state index contributed by atoms with van der Waals surface area (Å²) in [5.41, 5.74) is 3.87. The summed E-state index contributed by atoms with van der Waals surface area (Å²) < 4.78 is 0. The molecule has 1 saturated heterocycles. The molecule has 3 heteroatoms. The van der Waals surface area contributed by atoms with Gasteiger partial charge in [-0.1, -0.05) is 0 Å². The Kier molecular flexibility index (Phi) is 2.98. The molecule has 1 spiro atoms. The minimum absolute atomic E-state index is 0.335. The van der Waals surface area contributed by atoms with Crippen LogP contribution in [-0.2, 0) is 24.8 Å². The molecule has 19 heavy (non-hydrogen) atoms. The van der Waals surface area contributed by atoms with Crippen molar-refractivity contribution in [2.24, 2.45) is 0 Å². The maximum atomic E-state index is 3.90. The third kappa shape index (κ3) is 1.90. The van der Waals surface area contributed by atoms with E-state index in [-0.39, 0.29) is 0 Å². The van der Waals surface area contributed by atoms with Crippen molar-refractivity contribution in [1.29, 1.82) is 0 Å². The van der Waals surface area contributed by atoms with E-state index < -0.39 is 0 Å². The van der Waals surface area contributed by atoms with Crippen molar-refractivity contribution in [3.05, 3.63) is 20.9 Å². The van der Waals surface area contributed by atoms with E-state index in [9.17, 15) is 0 Å². The first kappa shape index (κ1) is 12.4. The van der Waals surface area contributed by atoms with E-state index in [1.165, 1.54) is 64.6 Å². The molecular weight excluding hydrogens is 252 g/mol. The molecule has 104 valence electrons. The number of nitrogens with zero attached hydrogens (tertiary/aromatic N) is 1. The van der Waals surface area contributed by atoms with Gasteiger partial charge in [0.05, 0.1) is 5.54 Å². The van der Waals surface area contributed by atoms with Crippen LogP contribution in [0, 0.1) is 0 Å². The van der Waals surface area contributed by atoms with Crippen molar-refractivity contribution in [2.45, 2.75) is 50.5 Å². The minimum Gasteiger partial charge on any atom is -0.306 e. The van der Waals surface area contributed by atoms with Gasteiger partial charge in [0.1, 0.15) is 0 Å². The van der Waals surface area contributed by atoms with Gasteiger partial charge < -0.3 is 10.2 Å². The normalized spacial score (nSPS) is 26.2. The molecular formula is C16H24N2S. The van der Waals surface area contributed by atoms with Gasteiger partial charge >= 0.3 is 0 Å². The average molecular weight is 276 g/mol. The monoisotopic (exact) mass is 276 g/mol. The molecule has 4 rings (SSSR count). The third-order valence-corrected chi connectivity index (χ3v) is 6.93. The number of thiophene rings is 1. The Morgan fingerprint density at radius 1 is 1.05 bits per heavy atom. The van der Waals surface area contributed by atoms with Gasteiger partial charge in [0.25, 0.3) is 0 Å². The molecule has 1 fully saturated rings. The van der Waals surface area contributed by atoms with Crippen LogP contribution >= 0.6 is 11.3 Å². The summed E-state index contributed by atoms with van der Waals surface area (Å²) in [4.78, 5) is 5.95. The zero-order valence-corrected chi connectivity index (χ0v) is 12.7. The number of aryl methyl sites for hydroxylation is 1. The summed E-state index contributed by atoms with van der Waals surface area (Å²) in [7, 11) is 2.26. The van der Waals surface area contributed by atoms with Crippen molar-refractivity contribution < 1.29 is 0 Å². The lowest BCUT2D eigenvalue weighted by Gasteiger charge is -2.44.